The molecule has 40 heavy (non-hydrogen) atoms. The molecule has 3 aromatic rings. The van der Waals surface area contributed by atoms with Crippen LogP contribution in [0.4, 0.5) is 13.2 Å². The van der Waals surface area contributed by atoms with Gasteiger partial charge in [0.2, 0.25) is 0 Å². The van der Waals surface area contributed by atoms with Gasteiger partial charge in [-0.25, -0.2) is 4.79 Å². The van der Waals surface area contributed by atoms with Crippen LogP contribution in [0, 0.1) is 0 Å². The highest BCUT2D eigenvalue weighted by atomic mass is 28.4. The van der Waals surface area contributed by atoms with Crippen molar-refractivity contribution in [1.82, 2.24) is 0 Å². The van der Waals surface area contributed by atoms with Gasteiger partial charge in [0.25, 0.3) is 8.32 Å². The molecule has 0 aromatic heterocycles. The zero-order chi connectivity index (χ0) is 29.2. The van der Waals surface area contributed by atoms with Gasteiger partial charge in [-0.1, -0.05) is 81.4 Å². The third kappa shape index (κ3) is 4.92. The number of carbonyl (C=O) groups excluding carboxylic acids is 1. The monoisotopic (exact) mass is 570 g/mol. The first kappa shape index (κ1) is 29.4. The van der Waals surface area contributed by atoms with Crippen LogP contribution in [0.25, 0.3) is 5.76 Å². The van der Waals surface area contributed by atoms with Crippen LogP contribution >= 0.6 is 0 Å². The molecule has 1 heterocycles. The highest BCUT2D eigenvalue weighted by molar-refractivity contribution is 6.99. The first-order valence-electron chi connectivity index (χ1n) is 13.0. The van der Waals surface area contributed by atoms with Crippen molar-refractivity contribution in [3.8, 4) is 5.75 Å². The van der Waals surface area contributed by atoms with Crippen LogP contribution in [-0.2, 0) is 18.7 Å². The SMILES string of the molecule is CCOC(=O)[C@]1(C(F)(F)F)OC(c2ccc(OC)cc2)=C1CO[Si](c1ccccc1)(c1ccccc1)C(C)(C)C. The Bertz CT molecular complexity index is 1310. The summed E-state index contributed by atoms with van der Waals surface area (Å²) in [5, 5.41) is 1.30. The lowest BCUT2D eigenvalue weighted by Crippen LogP contribution is -2.68. The summed E-state index contributed by atoms with van der Waals surface area (Å²) in [6, 6.07) is 25.5. The third-order valence-electron chi connectivity index (χ3n) is 7.12. The predicted molar refractivity (Wildman–Crippen MR) is 150 cm³/mol. The molecular weight excluding hydrogens is 537 g/mol. The van der Waals surface area contributed by atoms with Gasteiger partial charge in [-0.15, -0.1) is 0 Å². The van der Waals surface area contributed by atoms with E-state index >= 15 is 0 Å². The molecule has 0 radical (unpaired) electrons. The molecule has 0 spiro atoms. The smallest absolute Gasteiger partial charge is 0.444 e. The number of esters is 1. The van der Waals surface area contributed by atoms with E-state index in [0.29, 0.717) is 11.3 Å². The van der Waals surface area contributed by atoms with Crippen molar-refractivity contribution >= 4 is 30.4 Å². The van der Waals surface area contributed by atoms with Crippen molar-refractivity contribution in [3.63, 3.8) is 0 Å². The Morgan fingerprint density at radius 1 is 0.875 bits per heavy atom. The van der Waals surface area contributed by atoms with Crippen LogP contribution in [0.1, 0.15) is 33.3 Å². The Hall–Kier alpha value is -3.56. The maximum atomic E-state index is 14.8. The van der Waals surface area contributed by atoms with E-state index in [1.54, 1.807) is 24.3 Å². The largest absolute Gasteiger partial charge is 0.497 e. The number of alkyl halides is 3. The fraction of sp³-hybridized carbons (Fsp3) is 0.323. The average Bonchev–Trinajstić information content (AvgIpc) is 2.91. The first-order chi connectivity index (χ1) is 18.9. The molecule has 0 bridgehead atoms. The van der Waals surface area contributed by atoms with Gasteiger partial charge >= 0.3 is 17.7 Å². The molecule has 1 aliphatic rings. The zero-order valence-corrected chi connectivity index (χ0v) is 24.2. The Morgan fingerprint density at radius 3 is 1.82 bits per heavy atom. The van der Waals surface area contributed by atoms with Gasteiger partial charge in [-0.2, -0.15) is 13.2 Å². The first-order valence-corrected chi connectivity index (χ1v) is 14.9. The molecule has 9 heteroatoms. The van der Waals surface area contributed by atoms with Crippen LogP contribution in [0.2, 0.25) is 5.04 Å². The summed E-state index contributed by atoms with van der Waals surface area (Å²) in [6.07, 6.45) is -5.08. The highest BCUT2D eigenvalue weighted by Gasteiger charge is 2.73. The lowest BCUT2D eigenvalue weighted by molar-refractivity contribution is -0.260. The standard InChI is InChI=1S/C31H33F3O5Si/c1-6-37-28(35)30(31(32,33)34)26(27(39-30)22-17-19-23(36-5)20-18-22)21-38-40(29(2,3)4,24-13-9-7-10-14-24)25-15-11-8-12-16-25/h7-20H,6,21H2,1-5H3/t30-/m1/s1. The molecule has 0 unspecified atom stereocenters. The predicted octanol–water partition coefficient (Wildman–Crippen LogP) is 5.88. The number of halogens is 3. The molecule has 0 amide bonds. The number of hydrogen-bond donors (Lipinski definition) is 0. The van der Waals surface area contributed by atoms with Gasteiger partial charge in [0.15, 0.2) is 0 Å². The molecule has 5 nitrogen and oxygen atoms in total. The number of methoxy groups -OCH3 is 1. The molecule has 0 saturated heterocycles. The third-order valence-corrected chi connectivity index (χ3v) is 12.1. The van der Waals surface area contributed by atoms with Crippen LogP contribution in [0.5, 0.6) is 5.75 Å². The maximum absolute atomic E-state index is 14.8. The summed E-state index contributed by atoms with van der Waals surface area (Å²) in [5.41, 5.74) is -3.23. The summed E-state index contributed by atoms with van der Waals surface area (Å²) in [7, 11) is -1.75. The van der Waals surface area contributed by atoms with Gasteiger partial charge in [-0.05, 0) is 46.6 Å². The fourth-order valence-electron chi connectivity index (χ4n) is 5.22. The van der Waals surface area contributed by atoms with Gasteiger partial charge in [-0.3, -0.25) is 0 Å². The summed E-state index contributed by atoms with van der Waals surface area (Å²) in [4.78, 5) is 13.0. The van der Waals surface area contributed by atoms with E-state index in [1.807, 2.05) is 81.4 Å². The lowest BCUT2D eigenvalue weighted by atomic mass is 9.84. The molecule has 0 aliphatic carbocycles. The second-order valence-electron chi connectivity index (χ2n) is 10.5. The molecule has 1 aliphatic heterocycles. The molecular formula is C31H33F3O5Si. The van der Waals surface area contributed by atoms with Crippen LogP contribution in [0.3, 0.4) is 0 Å². The summed E-state index contributed by atoms with van der Waals surface area (Å²) in [6.45, 7) is 6.80. The Balaban J connectivity index is 1.91. The maximum Gasteiger partial charge on any atom is 0.444 e. The van der Waals surface area contributed by atoms with E-state index in [-0.39, 0.29) is 17.9 Å². The number of carbonyl (C=O) groups is 1. The Morgan fingerprint density at radius 2 is 1.40 bits per heavy atom. The highest BCUT2D eigenvalue weighted by Crippen LogP contribution is 2.53. The van der Waals surface area contributed by atoms with Crippen molar-refractivity contribution in [3.05, 3.63) is 96.1 Å². The number of benzene rings is 3. The molecule has 0 fully saturated rings. The number of hydrogen-bond acceptors (Lipinski definition) is 5. The molecule has 212 valence electrons. The molecule has 4 rings (SSSR count). The second-order valence-corrected chi connectivity index (χ2v) is 14.8. The number of rotatable bonds is 9. The fourth-order valence-corrected chi connectivity index (χ4v) is 9.73. The summed E-state index contributed by atoms with van der Waals surface area (Å²) in [5.74, 6) is -1.05. The van der Waals surface area contributed by atoms with E-state index in [9.17, 15) is 18.0 Å². The van der Waals surface area contributed by atoms with Crippen molar-refractivity contribution in [1.29, 1.82) is 0 Å². The average molecular weight is 571 g/mol. The normalized spacial score (nSPS) is 17.6. The Kier molecular flexibility index (Phi) is 8.19. The second kappa shape index (κ2) is 11.1. The van der Waals surface area contributed by atoms with E-state index in [2.05, 4.69) is 0 Å². The van der Waals surface area contributed by atoms with E-state index in [4.69, 9.17) is 18.6 Å². The minimum Gasteiger partial charge on any atom is -0.497 e. The van der Waals surface area contributed by atoms with Crippen molar-refractivity contribution in [2.75, 3.05) is 20.3 Å². The van der Waals surface area contributed by atoms with E-state index in [1.165, 1.54) is 14.0 Å². The summed E-state index contributed by atoms with van der Waals surface area (Å²) >= 11 is 0. The Labute approximate surface area is 233 Å². The zero-order valence-electron chi connectivity index (χ0n) is 23.2. The van der Waals surface area contributed by atoms with Gasteiger partial charge in [0, 0.05) is 5.56 Å². The van der Waals surface area contributed by atoms with E-state index < -0.39 is 37.7 Å². The minimum absolute atomic E-state index is 0.0639. The van der Waals surface area contributed by atoms with Crippen LogP contribution in [-0.4, -0.2) is 46.4 Å². The van der Waals surface area contributed by atoms with Crippen molar-refractivity contribution in [2.24, 2.45) is 0 Å². The van der Waals surface area contributed by atoms with Crippen LogP contribution in [0.15, 0.2) is 90.5 Å². The quantitative estimate of drug-likeness (QED) is 0.238. The molecule has 1 atom stereocenters. The van der Waals surface area contributed by atoms with E-state index in [0.717, 1.165) is 10.4 Å². The topological polar surface area (TPSA) is 54.0 Å². The van der Waals surface area contributed by atoms with Gasteiger partial charge in [0.1, 0.15) is 11.5 Å². The van der Waals surface area contributed by atoms with Gasteiger partial charge < -0.3 is 18.6 Å². The van der Waals surface area contributed by atoms with Crippen molar-refractivity contribution < 1.29 is 36.6 Å². The minimum atomic E-state index is -5.08. The number of ether oxygens (including phenoxy) is 3. The lowest BCUT2D eigenvalue weighted by Gasteiger charge is -2.47. The molecule has 3 aromatic carbocycles. The molecule has 0 saturated carbocycles. The summed E-state index contributed by atoms with van der Waals surface area (Å²) < 4.78 is 66.6. The van der Waals surface area contributed by atoms with Crippen molar-refractivity contribution in [2.45, 2.75) is 44.5 Å². The molecule has 0 N–H and O–H groups in total. The van der Waals surface area contributed by atoms with Gasteiger partial charge in [0.05, 0.1) is 25.9 Å². The van der Waals surface area contributed by atoms with Crippen LogP contribution < -0.4 is 15.1 Å².